The molecule has 0 aromatic rings. The lowest BCUT2D eigenvalue weighted by molar-refractivity contribution is -0.0715. The van der Waals surface area contributed by atoms with Crippen molar-refractivity contribution in [3.63, 3.8) is 0 Å². The van der Waals surface area contributed by atoms with Gasteiger partial charge in [-0.1, -0.05) is 0 Å². The smallest absolute Gasteiger partial charge is 0.135 e. The van der Waals surface area contributed by atoms with Gasteiger partial charge in [0.15, 0.2) is 0 Å². The molecule has 3 nitrogen and oxygen atoms in total. The first-order valence-corrected chi connectivity index (χ1v) is 4.55. The first-order chi connectivity index (χ1) is 5.45. The Labute approximate surface area is 81.3 Å². The summed E-state index contributed by atoms with van der Waals surface area (Å²) in [5.74, 6) is 1.75. The number of carbonyl (C=O) groups excluding carboxylic acids is 1. The van der Waals surface area contributed by atoms with Gasteiger partial charge in [-0.2, -0.15) is 0 Å². The predicted octanol–water partition coefficient (Wildman–Crippen LogP) is 1.81. The number of hydrogen-bond acceptors (Lipinski definition) is 3. The van der Waals surface area contributed by atoms with Crippen molar-refractivity contribution in [2.24, 2.45) is 0 Å². The maximum Gasteiger partial charge on any atom is 0.135 e. The Morgan fingerprint density at radius 2 is 2.17 bits per heavy atom. The fraction of sp³-hybridized carbons (Fsp3) is 0.750. The second-order valence-electron chi connectivity index (χ2n) is 3.37. The molecule has 0 amide bonds. The molecule has 0 heterocycles. The number of hydrogen-bond donors (Lipinski definition) is 1. The van der Waals surface area contributed by atoms with E-state index in [4.69, 9.17) is 4.84 Å². The van der Waals surface area contributed by atoms with E-state index in [1.54, 1.807) is 5.94 Å². The second-order valence-corrected chi connectivity index (χ2v) is 4.32. The van der Waals surface area contributed by atoms with Crippen LogP contribution in [-0.4, -0.2) is 18.1 Å². The zero-order valence-electron chi connectivity index (χ0n) is 7.61. The molecule has 4 heteroatoms. The Bertz CT molecular complexity index is 180. The van der Waals surface area contributed by atoms with Crippen LogP contribution in [-0.2, 0) is 9.63 Å². The van der Waals surface area contributed by atoms with Gasteiger partial charge >= 0.3 is 0 Å². The van der Waals surface area contributed by atoms with Crippen molar-refractivity contribution >= 4 is 21.9 Å². The third kappa shape index (κ3) is 7.95. The molecule has 12 heavy (non-hydrogen) atoms. The molecule has 0 aliphatic heterocycles. The molecule has 70 valence electrons. The van der Waals surface area contributed by atoms with Gasteiger partial charge in [0.05, 0.1) is 10.1 Å². The third-order valence-corrected chi connectivity index (χ3v) is 1.49. The lowest BCUT2D eigenvalue weighted by Gasteiger charge is -2.18. The van der Waals surface area contributed by atoms with Crippen molar-refractivity contribution < 1.29 is 9.63 Å². The van der Waals surface area contributed by atoms with Gasteiger partial charge in [-0.05, 0) is 36.7 Å². The molecule has 0 radical (unpaired) electrons. The monoisotopic (exact) mass is 235 g/mol. The Morgan fingerprint density at radius 1 is 1.58 bits per heavy atom. The van der Waals surface area contributed by atoms with Crippen molar-refractivity contribution in [3.05, 3.63) is 4.48 Å². The van der Waals surface area contributed by atoms with E-state index >= 15 is 0 Å². The van der Waals surface area contributed by atoms with Crippen LogP contribution in [0.5, 0.6) is 0 Å². The quantitative estimate of drug-likeness (QED) is 0.459. The summed E-state index contributed by atoms with van der Waals surface area (Å²) in [6, 6.07) is 0. The zero-order chi connectivity index (χ0) is 9.61. The number of halogens is 1. The van der Waals surface area contributed by atoms with Gasteiger partial charge in [-0.25, -0.2) is 10.3 Å². The molecule has 0 aromatic carbocycles. The van der Waals surface area contributed by atoms with E-state index in [1.807, 2.05) is 20.8 Å². The minimum absolute atomic E-state index is 0.197. The van der Waals surface area contributed by atoms with Crippen LogP contribution in [0.3, 0.4) is 0 Å². The van der Waals surface area contributed by atoms with Crippen molar-refractivity contribution in [2.75, 3.05) is 6.54 Å². The van der Waals surface area contributed by atoms with Gasteiger partial charge < -0.3 is 0 Å². The average molecular weight is 236 g/mol. The van der Waals surface area contributed by atoms with Crippen molar-refractivity contribution in [1.29, 1.82) is 0 Å². The molecule has 0 saturated carbocycles. The molecule has 0 aliphatic rings. The van der Waals surface area contributed by atoms with E-state index in [0.29, 0.717) is 17.4 Å². The highest BCUT2D eigenvalue weighted by atomic mass is 79.9. The van der Waals surface area contributed by atoms with Crippen molar-refractivity contribution in [2.45, 2.75) is 32.8 Å². The fourth-order valence-corrected chi connectivity index (χ4v) is 0.678. The highest BCUT2D eigenvalue weighted by Gasteiger charge is 2.09. The normalized spacial score (nSPS) is 11.0. The van der Waals surface area contributed by atoms with Gasteiger partial charge in [0, 0.05) is 13.0 Å². The molecular weight excluding hydrogens is 222 g/mol. The lowest BCUT2D eigenvalue weighted by atomic mass is 10.2. The third-order valence-electron chi connectivity index (χ3n) is 0.936. The summed E-state index contributed by atoms with van der Waals surface area (Å²) in [7, 11) is 0. The van der Waals surface area contributed by atoms with Crippen molar-refractivity contribution in [3.8, 4) is 0 Å². The highest BCUT2D eigenvalue weighted by molar-refractivity contribution is 9.11. The Hall–Kier alpha value is -0.150. The van der Waals surface area contributed by atoms with Crippen LogP contribution >= 0.6 is 15.9 Å². The Kier molecular flexibility index (Phi) is 5.42. The van der Waals surface area contributed by atoms with Crippen LogP contribution in [0.2, 0.25) is 0 Å². The maximum absolute atomic E-state index is 10.0. The first-order valence-electron chi connectivity index (χ1n) is 3.76. The van der Waals surface area contributed by atoms with E-state index in [0.717, 1.165) is 0 Å². The molecule has 0 aliphatic carbocycles. The molecule has 1 N–H and O–H groups in total. The topological polar surface area (TPSA) is 38.3 Å². The second kappa shape index (κ2) is 5.49. The number of rotatable bonds is 4. The minimum atomic E-state index is -0.197. The van der Waals surface area contributed by atoms with Gasteiger partial charge in [-0.3, -0.25) is 4.84 Å². The summed E-state index contributed by atoms with van der Waals surface area (Å²) < 4.78 is 0.521. The molecule has 0 saturated heterocycles. The molecule has 0 atom stereocenters. The zero-order valence-corrected chi connectivity index (χ0v) is 9.19. The lowest BCUT2D eigenvalue weighted by Crippen LogP contribution is -2.29. The van der Waals surface area contributed by atoms with Crippen LogP contribution in [0.25, 0.3) is 0 Å². The van der Waals surface area contributed by atoms with Gasteiger partial charge in [0.25, 0.3) is 0 Å². The summed E-state index contributed by atoms with van der Waals surface area (Å²) in [6.45, 7) is 6.45. The molecular formula is C8H14BrNO2. The fourth-order valence-electron chi connectivity index (χ4n) is 0.479. The summed E-state index contributed by atoms with van der Waals surface area (Å²) in [6.07, 6.45) is 0.597. The highest BCUT2D eigenvalue weighted by Crippen LogP contribution is 2.06. The van der Waals surface area contributed by atoms with Crippen LogP contribution in [0.4, 0.5) is 0 Å². The summed E-state index contributed by atoms with van der Waals surface area (Å²) in [5, 5.41) is 0. The van der Waals surface area contributed by atoms with E-state index in [9.17, 15) is 4.79 Å². The van der Waals surface area contributed by atoms with Gasteiger partial charge in [0.1, 0.15) is 5.94 Å². The van der Waals surface area contributed by atoms with Crippen LogP contribution in [0.15, 0.2) is 4.48 Å². The summed E-state index contributed by atoms with van der Waals surface area (Å²) in [4.78, 5) is 15.2. The van der Waals surface area contributed by atoms with Gasteiger partial charge in [-0.15, -0.1) is 0 Å². The molecule has 0 aromatic heterocycles. The molecule has 0 fully saturated rings. The summed E-state index contributed by atoms with van der Waals surface area (Å²) >= 11 is 3.05. The number of hydroxylamine groups is 1. The predicted molar refractivity (Wildman–Crippen MR) is 51.6 cm³/mol. The van der Waals surface area contributed by atoms with Gasteiger partial charge in [0.2, 0.25) is 0 Å². The summed E-state index contributed by atoms with van der Waals surface area (Å²) in [5.41, 5.74) is 2.56. The molecule has 0 bridgehead atoms. The molecule has 0 rings (SSSR count). The van der Waals surface area contributed by atoms with E-state index in [1.165, 1.54) is 0 Å². The molecule has 0 unspecified atom stereocenters. The Balaban J connectivity index is 3.40. The SMILES string of the molecule is CC(C)(C)ONCCC(Br)=C=O. The van der Waals surface area contributed by atoms with E-state index < -0.39 is 0 Å². The minimum Gasteiger partial charge on any atom is -0.296 e. The maximum atomic E-state index is 10.0. The number of nitrogens with one attached hydrogen (secondary N) is 1. The average Bonchev–Trinajstić information content (AvgIpc) is 1.96. The van der Waals surface area contributed by atoms with Crippen LogP contribution < -0.4 is 5.48 Å². The van der Waals surface area contributed by atoms with E-state index in [-0.39, 0.29) is 5.60 Å². The van der Waals surface area contributed by atoms with Crippen molar-refractivity contribution in [1.82, 2.24) is 5.48 Å². The molecule has 0 spiro atoms. The first kappa shape index (κ1) is 11.8. The van der Waals surface area contributed by atoms with Crippen LogP contribution in [0, 0.1) is 0 Å². The largest absolute Gasteiger partial charge is 0.296 e. The van der Waals surface area contributed by atoms with Crippen LogP contribution in [0.1, 0.15) is 27.2 Å². The Morgan fingerprint density at radius 3 is 2.58 bits per heavy atom. The van der Waals surface area contributed by atoms with E-state index in [2.05, 4.69) is 21.4 Å². The standard InChI is InChI=1S/C8H14BrNO2/c1-8(2,3)12-10-5-4-7(9)6-11/h10H,4-5H2,1-3H3.